The lowest BCUT2D eigenvalue weighted by Crippen LogP contribution is -2.39. The Labute approximate surface area is 200 Å². The molecule has 0 radical (unpaired) electrons. The van der Waals surface area contributed by atoms with Crippen molar-refractivity contribution >= 4 is 39.4 Å². The number of halogens is 1. The van der Waals surface area contributed by atoms with Crippen LogP contribution in [0.5, 0.6) is 0 Å². The lowest BCUT2D eigenvalue weighted by Gasteiger charge is -2.29. The molecule has 1 amide bonds. The number of carbonyl (C=O) groups is 2. The maximum Gasteiger partial charge on any atom is 0.410 e. The summed E-state index contributed by atoms with van der Waals surface area (Å²) in [6.07, 6.45) is 5.00. The van der Waals surface area contributed by atoms with Crippen molar-refractivity contribution in [1.82, 2.24) is 14.9 Å². The van der Waals surface area contributed by atoms with Gasteiger partial charge in [-0.3, -0.25) is 0 Å². The van der Waals surface area contributed by atoms with Crippen molar-refractivity contribution in [3.63, 3.8) is 0 Å². The second kappa shape index (κ2) is 9.30. The van der Waals surface area contributed by atoms with Crippen LogP contribution in [0.25, 0.3) is 10.2 Å². The van der Waals surface area contributed by atoms with E-state index in [-0.39, 0.29) is 11.0 Å². The smallest absolute Gasteiger partial charge is 0.410 e. The summed E-state index contributed by atoms with van der Waals surface area (Å²) in [4.78, 5) is 34.8. The number of fused-ring (bicyclic) bond motifs is 1. The Morgan fingerprint density at radius 1 is 1.32 bits per heavy atom. The van der Waals surface area contributed by atoms with Gasteiger partial charge in [-0.2, -0.15) is 0 Å². The van der Waals surface area contributed by atoms with Crippen molar-refractivity contribution in [3.05, 3.63) is 40.8 Å². The van der Waals surface area contributed by atoms with Crippen molar-refractivity contribution < 1.29 is 28.6 Å². The van der Waals surface area contributed by atoms with Gasteiger partial charge in [0.05, 0.1) is 24.1 Å². The highest BCUT2D eigenvalue weighted by atomic mass is 32.1. The number of aromatic carboxylic acids is 1. The molecule has 0 bridgehead atoms. The molecule has 182 valence electrons. The summed E-state index contributed by atoms with van der Waals surface area (Å²) in [7, 11) is 0. The number of ether oxygens (including phenoxy) is 2. The summed E-state index contributed by atoms with van der Waals surface area (Å²) in [6, 6.07) is -0.458. The molecule has 4 rings (SSSR count). The van der Waals surface area contributed by atoms with Gasteiger partial charge in [-0.15, -0.1) is 11.3 Å². The Kier molecular flexibility index (Phi) is 6.59. The number of hydrogen-bond donors (Lipinski definition) is 2. The zero-order chi connectivity index (χ0) is 24.6. The summed E-state index contributed by atoms with van der Waals surface area (Å²) >= 11 is 1.08. The number of hydrogen-bond acceptors (Lipinski definition) is 8. The van der Waals surface area contributed by atoms with Crippen LogP contribution in [0.3, 0.4) is 0 Å². The molecule has 2 aromatic heterocycles. The molecule has 34 heavy (non-hydrogen) atoms. The van der Waals surface area contributed by atoms with Crippen molar-refractivity contribution in [2.45, 2.75) is 58.0 Å². The zero-order valence-electron chi connectivity index (χ0n) is 19.4. The Morgan fingerprint density at radius 2 is 2.09 bits per heavy atom. The third-order valence-electron chi connectivity index (χ3n) is 5.51. The summed E-state index contributed by atoms with van der Waals surface area (Å²) in [5.74, 6) is -0.990. The van der Waals surface area contributed by atoms with E-state index in [1.807, 2.05) is 20.8 Å². The third-order valence-corrected chi connectivity index (χ3v) is 6.70. The number of nitrogens with one attached hydrogen (secondary N) is 1. The number of likely N-dealkylation sites (tertiary alicyclic amines) is 1. The van der Waals surface area contributed by atoms with Crippen molar-refractivity contribution in [1.29, 1.82) is 0 Å². The van der Waals surface area contributed by atoms with Gasteiger partial charge in [0.2, 0.25) is 0 Å². The van der Waals surface area contributed by atoms with Crippen LogP contribution in [-0.2, 0) is 9.47 Å². The number of carboxylic acids is 1. The molecular weight excluding hydrogens is 463 g/mol. The van der Waals surface area contributed by atoms with E-state index in [0.717, 1.165) is 11.3 Å². The maximum atomic E-state index is 14.1. The minimum absolute atomic E-state index is 0.199. The molecular formula is C23H27FN4O5S. The first-order valence-electron chi connectivity index (χ1n) is 10.9. The van der Waals surface area contributed by atoms with Gasteiger partial charge >= 0.3 is 12.1 Å². The van der Waals surface area contributed by atoms with E-state index >= 15 is 0 Å². The molecule has 9 nitrogen and oxygen atoms in total. The Hall–Kier alpha value is -3.05. The van der Waals surface area contributed by atoms with Crippen molar-refractivity contribution in [2.75, 3.05) is 18.4 Å². The normalized spacial score (nSPS) is 22.7. The predicted molar refractivity (Wildman–Crippen MR) is 126 cm³/mol. The van der Waals surface area contributed by atoms with Gasteiger partial charge in [0.15, 0.2) is 0 Å². The van der Waals surface area contributed by atoms with Crippen molar-refractivity contribution in [2.24, 2.45) is 0 Å². The number of nitrogens with zero attached hydrogens (tertiary/aromatic N) is 3. The molecule has 2 unspecified atom stereocenters. The van der Waals surface area contributed by atoms with Crippen LogP contribution in [0.4, 0.5) is 15.0 Å². The Morgan fingerprint density at radius 3 is 2.79 bits per heavy atom. The van der Waals surface area contributed by atoms with E-state index in [0.29, 0.717) is 41.1 Å². The number of anilines is 1. The largest absolute Gasteiger partial charge is 0.477 e. The predicted octanol–water partition coefficient (Wildman–Crippen LogP) is 4.30. The molecule has 3 atom stereocenters. The van der Waals surface area contributed by atoms with E-state index < -0.39 is 35.6 Å². The Balaban J connectivity index is 1.50. The van der Waals surface area contributed by atoms with Crippen LogP contribution in [-0.4, -0.2) is 69.0 Å². The van der Waals surface area contributed by atoms with E-state index in [1.54, 1.807) is 17.9 Å². The second-order valence-electron chi connectivity index (χ2n) is 9.28. The van der Waals surface area contributed by atoms with Gasteiger partial charge in [-0.1, -0.05) is 6.08 Å². The van der Waals surface area contributed by atoms with E-state index in [4.69, 9.17) is 9.47 Å². The van der Waals surface area contributed by atoms with Gasteiger partial charge < -0.3 is 24.8 Å². The van der Waals surface area contributed by atoms with Crippen LogP contribution in [0, 0.1) is 6.92 Å². The molecule has 0 saturated carbocycles. The third kappa shape index (κ3) is 5.20. The average Bonchev–Trinajstić information content (AvgIpc) is 3.34. The topological polar surface area (TPSA) is 114 Å². The minimum atomic E-state index is -1.02. The number of rotatable bonds is 5. The molecule has 11 heteroatoms. The molecule has 1 aliphatic heterocycles. The lowest BCUT2D eigenvalue weighted by atomic mass is 10.0. The average molecular weight is 491 g/mol. The van der Waals surface area contributed by atoms with Crippen LogP contribution in [0.1, 0.15) is 42.4 Å². The first-order chi connectivity index (χ1) is 16.0. The van der Waals surface area contributed by atoms with Gasteiger partial charge in [0, 0.05) is 6.54 Å². The molecule has 2 aromatic rings. The highest BCUT2D eigenvalue weighted by Crippen LogP contribution is 2.34. The molecule has 1 saturated heterocycles. The zero-order valence-corrected chi connectivity index (χ0v) is 20.2. The summed E-state index contributed by atoms with van der Waals surface area (Å²) in [5.41, 5.74) is -0.0211. The maximum absolute atomic E-state index is 14.1. The highest BCUT2D eigenvalue weighted by Gasteiger charge is 2.34. The molecule has 0 aromatic carbocycles. The first-order valence-corrected chi connectivity index (χ1v) is 11.8. The van der Waals surface area contributed by atoms with E-state index in [1.165, 1.54) is 18.5 Å². The fraction of sp³-hybridized carbons (Fsp3) is 0.478. The molecule has 3 heterocycles. The van der Waals surface area contributed by atoms with Crippen LogP contribution < -0.4 is 5.32 Å². The van der Waals surface area contributed by atoms with Crippen LogP contribution >= 0.6 is 11.3 Å². The fourth-order valence-corrected chi connectivity index (χ4v) is 4.96. The van der Waals surface area contributed by atoms with Gasteiger partial charge in [-0.25, -0.2) is 23.9 Å². The molecule has 2 N–H and O–H groups in total. The summed E-state index contributed by atoms with van der Waals surface area (Å²) in [6.45, 7) is 7.99. The van der Waals surface area contributed by atoms with Gasteiger partial charge in [-0.05, 0) is 51.8 Å². The first kappa shape index (κ1) is 24.1. The lowest BCUT2D eigenvalue weighted by molar-refractivity contribution is 0.00476. The number of aryl methyl sites for hydroxylation is 1. The molecule has 1 fully saturated rings. The number of thiophene rings is 1. The van der Waals surface area contributed by atoms with Gasteiger partial charge in [0.25, 0.3) is 0 Å². The SMILES string of the molecule is Cc1c(C(=O)O)sc2ncnc(NC3C=CC(F)=CC3O[C@@H]3CCN(C(=O)OC(C)(C)C)C3)c12. The highest BCUT2D eigenvalue weighted by molar-refractivity contribution is 7.20. The van der Waals surface area contributed by atoms with E-state index in [9.17, 15) is 19.1 Å². The second-order valence-corrected chi connectivity index (χ2v) is 10.3. The minimum Gasteiger partial charge on any atom is -0.477 e. The molecule has 1 aliphatic carbocycles. The molecule has 0 spiro atoms. The standard InChI is InChI=1S/C23H27FN4O5S/c1-12-17-19(25-11-26-20(17)34-18(12)21(29)30)27-15-6-5-13(24)9-16(15)32-14-7-8-28(10-14)22(31)33-23(2,3)4/h5-6,9,11,14-16H,7-8,10H2,1-4H3,(H,29,30)(H,25,26,27)/t14-,15?,16?/m1/s1. The number of carboxylic acid groups (broad SMARTS) is 1. The quantitative estimate of drug-likeness (QED) is 0.638. The summed E-state index contributed by atoms with van der Waals surface area (Å²) in [5, 5.41) is 13.3. The van der Waals surface area contributed by atoms with Crippen molar-refractivity contribution in [3.8, 4) is 0 Å². The monoisotopic (exact) mass is 490 g/mol. The van der Waals surface area contributed by atoms with Crippen LogP contribution in [0.2, 0.25) is 0 Å². The van der Waals surface area contributed by atoms with Crippen LogP contribution in [0.15, 0.2) is 30.4 Å². The molecule has 2 aliphatic rings. The fourth-order valence-electron chi connectivity index (χ4n) is 3.97. The Bertz CT molecular complexity index is 1170. The van der Waals surface area contributed by atoms with E-state index in [2.05, 4.69) is 15.3 Å². The number of allylic oxidation sites excluding steroid dienone is 2. The van der Waals surface area contributed by atoms with Gasteiger partial charge in [0.1, 0.15) is 39.4 Å². The number of aromatic nitrogens is 2. The number of amides is 1. The number of carbonyl (C=O) groups excluding carboxylic acids is 1. The summed E-state index contributed by atoms with van der Waals surface area (Å²) < 4.78 is 25.7.